The van der Waals surface area contributed by atoms with Gasteiger partial charge in [-0.15, -0.1) is 0 Å². The summed E-state index contributed by atoms with van der Waals surface area (Å²) in [7, 11) is 2.98. The van der Waals surface area contributed by atoms with Crippen molar-refractivity contribution in [1.82, 2.24) is 8.75 Å². The molecular formula is C32H26N2O6S. The fraction of sp³-hybridized carbons (Fsp3) is 0.125. The van der Waals surface area contributed by atoms with E-state index >= 15 is 0 Å². The van der Waals surface area contributed by atoms with Gasteiger partial charge in [0.2, 0.25) is 0 Å². The smallest absolute Gasteiger partial charge is 0.336 e. The van der Waals surface area contributed by atoms with Crippen molar-refractivity contribution in [3.63, 3.8) is 0 Å². The molecule has 1 N–H and O–H groups in total. The molecule has 1 aromatic heterocycles. The average Bonchev–Trinajstić information content (AvgIpc) is 3.48. The predicted octanol–water partition coefficient (Wildman–Crippen LogP) is 6.25. The van der Waals surface area contributed by atoms with Gasteiger partial charge in [-0.2, -0.15) is 8.75 Å². The molecule has 0 saturated carbocycles. The highest BCUT2D eigenvalue weighted by molar-refractivity contribution is 7.00. The van der Waals surface area contributed by atoms with Crippen molar-refractivity contribution < 1.29 is 28.9 Å². The molecule has 5 aromatic rings. The Morgan fingerprint density at radius 1 is 0.756 bits per heavy atom. The van der Waals surface area contributed by atoms with Crippen molar-refractivity contribution >= 4 is 40.1 Å². The zero-order valence-corrected chi connectivity index (χ0v) is 23.2. The van der Waals surface area contributed by atoms with Gasteiger partial charge in [0.15, 0.2) is 17.3 Å². The number of rotatable bonds is 11. The number of carboxylic acids is 1. The number of carboxylic acid groups (broad SMARTS) is 1. The lowest BCUT2D eigenvalue weighted by Crippen LogP contribution is -2.14. The van der Waals surface area contributed by atoms with Gasteiger partial charge in [0.05, 0.1) is 31.5 Å². The van der Waals surface area contributed by atoms with Gasteiger partial charge in [0, 0.05) is 17.6 Å². The van der Waals surface area contributed by atoms with Crippen LogP contribution in [-0.4, -0.2) is 39.8 Å². The first kappa shape index (κ1) is 27.5. The topological polar surface area (TPSA) is 108 Å². The summed E-state index contributed by atoms with van der Waals surface area (Å²) in [6.07, 6.45) is 0.0706. The maximum absolute atomic E-state index is 14.0. The number of hydrogen-bond donors (Lipinski definition) is 1. The fourth-order valence-electron chi connectivity index (χ4n) is 4.45. The van der Waals surface area contributed by atoms with E-state index in [4.69, 9.17) is 14.2 Å². The highest BCUT2D eigenvalue weighted by Gasteiger charge is 2.25. The molecule has 206 valence electrons. The maximum atomic E-state index is 14.0. The molecule has 0 spiro atoms. The first-order valence-corrected chi connectivity index (χ1v) is 13.4. The minimum absolute atomic E-state index is 0.0706. The second-order valence-corrected chi connectivity index (χ2v) is 9.65. The van der Waals surface area contributed by atoms with Crippen molar-refractivity contribution in [2.75, 3.05) is 14.2 Å². The molecule has 0 unspecified atom stereocenters. The number of hydrogen-bond acceptors (Lipinski definition) is 8. The Morgan fingerprint density at radius 3 is 2.17 bits per heavy atom. The summed E-state index contributed by atoms with van der Waals surface area (Å²) in [5, 5.41) is 10.4. The van der Waals surface area contributed by atoms with Crippen molar-refractivity contribution in [3.05, 3.63) is 119 Å². The lowest BCUT2D eigenvalue weighted by molar-refractivity contribution is -0.130. The molecule has 4 aromatic carbocycles. The zero-order chi connectivity index (χ0) is 28.8. The van der Waals surface area contributed by atoms with Gasteiger partial charge in [-0.3, -0.25) is 4.79 Å². The molecular weight excluding hydrogens is 540 g/mol. The molecule has 5 rings (SSSR count). The van der Waals surface area contributed by atoms with Gasteiger partial charge in [0.1, 0.15) is 23.4 Å². The molecule has 0 amide bonds. The Balaban J connectivity index is 1.53. The number of ether oxygens (including phenoxy) is 3. The fourth-order valence-corrected chi connectivity index (χ4v) is 4.96. The van der Waals surface area contributed by atoms with Crippen LogP contribution < -0.4 is 14.2 Å². The summed E-state index contributed by atoms with van der Waals surface area (Å²) < 4.78 is 25.0. The number of nitrogens with zero attached hydrogens (tertiary/aromatic N) is 2. The van der Waals surface area contributed by atoms with Crippen LogP contribution in [0.25, 0.3) is 16.6 Å². The lowest BCUT2D eigenvalue weighted by Gasteiger charge is -2.15. The molecule has 0 saturated heterocycles. The maximum Gasteiger partial charge on any atom is 0.336 e. The first-order chi connectivity index (χ1) is 20.0. The van der Waals surface area contributed by atoms with Crippen LogP contribution in [0.4, 0.5) is 0 Å². The summed E-state index contributed by atoms with van der Waals surface area (Å²) in [5.41, 5.74) is 3.65. The van der Waals surface area contributed by atoms with Gasteiger partial charge in [-0.1, -0.05) is 48.5 Å². The van der Waals surface area contributed by atoms with Crippen LogP contribution in [0.1, 0.15) is 27.0 Å². The van der Waals surface area contributed by atoms with Crippen LogP contribution in [0.5, 0.6) is 17.2 Å². The van der Waals surface area contributed by atoms with E-state index < -0.39 is 11.8 Å². The molecule has 0 aliphatic rings. The van der Waals surface area contributed by atoms with Crippen molar-refractivity contribution in [3.8, 4) is 17.2 Å². The summed E-state index contributed by atoms with van der Waals surface area (Å²) in [5.74, 6) is -0.178. The van der Waals surface area contributed by atoms with E-state index in [0.717, 1.165) is 22.9 Å². The molecule has 9 heteroatoms. The lowest BCUT2D eigenvalue weighted by atomic mass is 9.89. The first-order valence-electron chi connectivity index (χ1n) is 12.7. The van der Waals surface area contributed by atoms with E-state index in [-0.39, 0.29) is 23.1 Å². The van der Waals surface area contributed by atoms with Crippen LogP contribution in [0.15, 0.2) is 96.6 Å². The zero-order valence-electron chi connectivity index (χ0n) is 22.4. The van der Waals surface area contributed by atoms with E-state index in [1.807, 2.05) is 54.6 Å². The van der Waals surface area contributed by atoms with Gasteiger partial charge in [-0.05, 0) is 59.2 Å². The molecule has 41 heavy (non-hydrogen) atoms. The summed E-state index contributed by atoms with van der Waals surface area (Å²) in [4.78, 5) is 26.7. The molecule has 0 bridgehead atoms. The molecule has 8 nitrogen and oxygen atoms in total. The molecule has 1 heterocycles. The van der Waals surface area contributed by atoms with E-state index in [1.54, 1.807) is 36.4 Å². The minimum atomic E-state index is -1.22. The van der Waals surface area contributed by atoms with Crippen molar-refractivity contribution in [2.24, 2.45) is 0 Å². The largest absolute Gasteiger partial charge is 0.493 e. The van der Waals surface area contributed by atoms with Gasteiger partial charge >= 0.3 is 5.97 Å². The van der Waals surface area contributed by atoms with Crippen molar-refractivity contribution in [1.29, 1.82) is 0 Å². The number of Topliss-reactive ketones (excluding diaryl/α,β-unsaturated/α-hetero) is 1. The highest BCUT2D eigenvalue weighted by atomic mass is 32.1. The van der Waals surface area contributed by atoms with Gasteiger partial charge in [0.25, 0.3) is 0 Å². The number of ketones is 1. The normalized spacial score (nSPS) is 11.6. The number of carbonyl (C=O) groups is 2. The summed E-state index contributed by atoms with van der Waals surface area (Å²) >= 11 is 1.04. The second-order valence-electron chi connectivity index (χ2n) is 9.12. The molecule has 0 aliphatic carbocycles. The minimum Gasteiger partial charge on any atom is -0.493 e. The second kappa shape index (κ2) is 12.4. The van der Waals surface area contributed by atoms with Crippen LogP contribution in [-0.2, 0) is 17.8 Å². The van der Waals surface area contributed by atoms with E-state index in [9.17, 15) is 14.7 Å². The van der Waals surface area contributed by atoms with Crippen LogP contribution in [0, 0.1) is 0 Å². The third-order valence-electron chi connectivity index (χ3n) is 6.53. The average molecular weight is 567 g/mol. The number of allylic oxidation sites excluding steroid dienone is 1. The molecule has 0 aliphatic heterocycles. The summed E-state index contributed by atoms with van der Waals surface area (Å²) in [6.45, 7) is 0.417. The quantitative estimate of drug-likeness (QED) is 0.148. The van der Waals surface area contributed by atoms with Crippen molar-refractivity contribution in [2.45, 2.75) is 13.0 Å². The third-order valence-corrected chi connectivity index (χ3v) is 7.09. The van der Waals surface area contributed by atoms with Gasteiger partial charge < -0.3 is 19.3 Å². The van der Waals surface area contributed by atoms with E-state index in [1.165, 1.54) is 14.2 Å². The molecule has 0 radical (unpaired) electrons. The molecule has 0 fully saturated rings. The van der Waals surface area contributed by atoms with Crippen LogP contribution >= 0.6 is 11.7 Å². The number of carbonyl (C=O) groups excluding carboxylic acids is 1. The van der Waals surface area contributed by atoms with E-state index in [0.29, 0.717) is 40.5 Å². The Hall–Kier alpha value is -5.02. The third kappa shape index (κ3) is 6.26. The number of benzene rings is 4. The number of methoxy groups -OCH3 is 2. The van der Waals surface area contributed by atoms with Gasteiger partial charge in [-0.25, -0.2) is 4.79 Å². The SMILES string of the molecule is COc1ccc(C(=O)/C(Cc2ccc(OCc3ccccc3)cc2)=C(/C(=O)O)c2ccc3nsnc3c2)cc1OC. The standard InChI is InChI=1S/C32H26N2O6S/c1-38-28-15-11-23(18-29(28)39-2)31(35)25(30(32(36)37)22-10-14-26-27(17-22)34-41-33-26)16-20-8-12-24(13-9-20)40-19-21-6-4-3-5-7-21/h3-15,17-18H,16,19H2,1-2H3,(H,36,37)/b30-25+. The Labute approximate surface area is 240 Å². The van der Waals surface area contributed by atoms with E-state index in [2.05, 4.69) is 8.75 Å². The van der Waals surface area contributed by atoms with Crippen LogP contribution in [0.2, 0.25) is 0 Å². The number of fused-ring (bicyclic) bond motifs is 1. The van der Waals surface area contributed by atoms with Crippen LogP contribution in [0.3, 0.4) is 0 Å². The Bertz CT molecular complexity index is 1730. The monoisotopic (exact) mass is 566 g/mol. The predicted molar refractivity (Wildman–Crippen MR) is 157 cm³/mol. The molecule has 0 atom stereocenters. The Morgan fingerprint density at radius 2 is 1.46 bits per heavy atom. The highest BCUT2D eigenvalue weighted by Crippen LogP contribution is 2.32. The number of aliphatic carboxylic acids is 1. The number of aromatic nitrogens is 2. The Kier molecular flexibility index (Phi) is 8.36. The summed E-state index contributed by atoms with van der Waals surface area (Å²) in [6, 6.07) is 26.9.